The molecule has 3 heteroatoms. The van der Waals surface area contributed by atoms with Crippen LogP contribution in [0.3, 0.4) is 0 Å². The maximum atomic E-state index is 8.44. The summed E-state index contributed by atoms with van der Waals surface area (Å²) in [6.45, 7) is 0.967. The van der Waals surface area contributed by atoms with E-state index in [1.807, 2.05) is 18.2 Å². The Hall–Kier alpha value is -1.69. The van der Waals surface area contributed by atoms with Gasteiger partial charge in [0.05, 0.1) is 13.2 Å². The summed E-state index contributed by atoms with van der Waals surface area (Å²) in [5, 5.41) is 8.44. The highest BCUT2D eigenvalue weighted by atomic mass is 16.5. The molecule has 0 bridgehead atoms. The van der Waals surface area contributed by atoms with E-state index in [4.69, 9.17) is 10.00 Å². The summed E-state index contributed by atoms with van der Waals surface area (Å²) in [6, 6.07) is 10.2. The van der Waals surface area contributed by atoms with Crippen molar-refractivity contribution in [1.29, 1.82) is 5.26 Å². The fourth-order valence-corrected chi connectivity index (χ4v) is 1.53. The molecule has 0 aliphatic heterocycles. The van der Waals surface area contributed by atoms with Crippen molar-refractivity contribution < 1.29 is 4.74 Å². The summed E-state index contributed by atoms with van der Waals surface area (Å²) < 4.78 is 5.18. The van der Waals surface area contributed by atoms with E-state index < -0.39 is 0 Å². The highest BCUT2D eigenvalue weighted by Gasteiger charge is 2.01. The molecule has 86 valence electrons. The molecule has 0 aliphatic carbocycles. The Morgan fingerprint density at radius 2 is 2.19 bits per heavy atom. The number of benzene rings is 1. The Morgan fingerprint density at radius 1 is 1.38 bits per heavy atom. The Kier molecular flexibility index (Phi) is 5.21. The van der Waals surface area contributed by atoms with E-state index in [0.717, 1.165) is 30.8 Å². The van der Waals surface area contributed by atoms with Crippen LogP contribution >= 0.6 is 0 Å². The third-order valence-electron chi connectivity index (χ3n) is 2.53. The minimum Gasteiger partial charge on any atom is -0.497 e. The molecule has 0 saturated carbocycles. The Balaban J connectivity index is 2.46. The fraction of sp³-hybridized carbons (Fsp3) is 0.462. The monoisotopic (exact) mass is 218 g/mol. The van der Waals surface area contributed by atoms with Crippen molar-refractivity contribution in [2.75, 3.05) is 25.6 Å². The number of hydrogen-bond acceptors (Lipinski definition) is 3. The first-order valence-corrected chi connectivity index (χ1v) is 5.50. The molecule has 0 aromatic heterocycles. The van der Waals surface area contributed by atoms with Crippen molar-refractivity contribution >= 4 is 5.69 Å². The summed E-state index contributed by atoms with van der Waals surface area (Å²) in [4.78, 5) is 2.18. The van der Waals surface area contributed by atoms with E-state index in [2.05, 4.69) is 24.1 Å². The quantitative estimate of drug-likeness (QED) is 0.689. The molecule has 0 N–H and O–H groups in total. The molecular formula is C13H18N2O. The molecule has 0 saturated heterocycles. The fourth-order valence-electron chi connectivity index (χ4n) is 1.53. The van der Waals surface area contributed by atoms with E-state index in [0.29, 0.717) is 6.42 Å². The number of methoxy groups -OCH3 is 1. The molecule has 16 heavy (non-hydrogen) atoms. The zero-order chi connectivity index (χ0) is 11.8. The lowest BCUT2D eigenvalue weighted by atomic mass is 10.2. The summed E-state index contributed by atoms with van der Waals surface area (Å²) in [6.07, 6.45) is 2.65. The van der Waals surface area contributed by atoms with Gasteiger partial charge in [-0.15, -0.1) is 0 Å². The van der Waals surface area contributed by atoms with Gasteiger partial charge < -0.3 is 9.64 Å². The van der Waals surface area contributed by atoms with Gasteiger partial charge >= 0.3 is 0 Å². The van der Waals surface area contributed by atoms with Crippen molar-refractivity contribution in [3.63, 3.8) is 0 Å². The van der Waals surface area contributed by atoms with Crippen LogP contribution in [-0.2, 0) is 0 Å². The zero-order valence-electron chi connectivity index (χ0n) is 9.94. The molecule has 0 radical (unpaired) electrons. The van der Waals surface area contributed by atoms with Crippen molar-refractivity contribution in [3.8, 4) is 11.8 Å². The summed E-state index contributed by atoms with van der Waals surface area (Å²) in [5.41, 5.74) is 1.15. The molecule has 0 spiro atoms. The minimum atomic E-state index is 0.645. The normalized spacial score (nSPS) is 9.56. The Morgan fingerprint density at radius 3 is 2.88 bits per heavy atom. The van der Waals surface area contributed by atoms with Gasteiger partial charge in [0.15, 0.2) is 0 Å². The standard InChI is InChI=1S/C13H18N2O/c1-15(10-5-3-4-9-14)12-7-6-8-13(11-12)16-2/h6-8,11H,3-5,10H2,1-2H3. The molecule has 1 aromatic carbocycles. The molecule has 0 aliphatic rings. The number of rotatable bonds is 6. The van der Waals surface area contributed by atoms with Crippen molar-refractivity contribution in [2.45, 2.75) is 19.3 Å². The minimum absolute atomic E-state index is 0.645. The summed E-state index contributed by atoms with van der Waals surface area (Å²) >= 11 is 0. The van der Waals surface area contributed by atoms with Crippen molar-refractivity contribution in [2.24, 2.45) is 0 Å². The van der Waals surface area contributed by atoms with E-state index in [-0.39, 0.29) is 0 Å². The van der Waals surface area contributed by atoms with Gasteiger partial charge in [0.2, 0.25) is 0 Å². The van der Waals surface area contributed by atoms with Crippen molar-refractivity contribution in [1.82, 2.24) is 0 Å². The first-order chi connectivity index (χ1) is 7.77. The highest BCUT2D eigenvalue weighted by Crippen LogP contribution is 2.20. The predicted molar refractivity (Wildman–Crippen MR) is 65.7 cm³/mol. The van der Waals surface area contributed by atoms with Gasteiger partial charge in [-0.1, -0.05) is 6.07 Å². The van der Waals surface area contributed by atoms with Crippen molar-refractivity contribution in [3.05, 3.63) is 24.3 Å². The van der Waals surface area contributed by atoms with Gasteiger partial charge in [0.1, 0.15) is 5.75 Å². The van der Waals surface area contributed by atoms with Crippen LogP contribution in [0.25, 0.3) is 0 Å². The number of unbranched alkanes of at least 4 members (excludes halogenated alkanes) is 2. The number of ether oxygens (including phenoxy) is 1. The molecule has 0 heterocycles. The van der Waals surface area contributed by atoms with Gasteiger partial charge in [-0.25, -0.2) is 0 Å². The lowest BCUT2D eigenvalue weighted by Crippen LogP contribution is -2.18. The van der Waals surface area contributed by atoms with Crippen LogP contribution in [0.15, 0.2) is 24.3 Å². The number of hydrogen-bond donors (Lipinski definition) is 0. The van der Waals surface area contributed by atoms with Crippen LogP contribution in [0.5, 0.6) is 5.75 Å². The third-order valence-corrected chi connectivity index (χ3v) is 2.53. The summed E-state index contributed by atoms with van der Waals surface area (Å²) in [5.74, 6) is 0.876. The number of nitriles is 1. The molecule has 0 fully saturated rings. The number of nitrogens with zero attached hydrogens (tertiary/aromatic N) is 2. The van der Waals surface area contributed by atoms with Gasteiger partial charge in [0.25, 0.3) is 0 Å². The first kappa shape index (κ1) is 12.4. The topological polar surface area (TPSA) is 36.3 Å². The highest BCUT2D eigenvalue weighted by molar-refractivity contribution is 5.49. The lowest BCUT2D eigenvalue weighted by Gasteiger charge is -2.19. The maximum absolute atomic E-state index is 8.44. The molecule has 0 atom stereocenters. The molecule has 0 amide bonds. The van der Waals surface area contributed by atoms with Crippen LogP contribution in [-0.4, -0.2) is 20.7 Å². The van der Waals surface area contributed by atoms with Gasteiger partial charge in [-0.05, 0) is 25.0 Å². The second-order valence-corrected chi connectivity index (χ2v) is 3.74. The SMILES string of the molecule is COc1cccc(N(C)CCCCC#N)c1. The average Bonchev–Trinajstić information content (AvgIpc) is 2.34. The van der Waals surface area contributed by atoms with Crippen LogP contribution in [0.1, 0.15) is 19.3 Å². The third kappa shape index (κ3) is 3.82. The van der Waals surface area contributed by atoms with E-state index >= 15 is 0 Å². The largest absolute Gasteiger partial charge is 0.497 e. The molecule has 3 nitrogen and oxygen atoms in total. The smallest absolute Gasteiger partial charge is 0.120 e. The Labute approximate surface area is 97.3 Å². The molecule has 0 unspecified atom stereocenters. The molecular weight excluding hydrogens is 200 g/mol. The van der Waals surface area contributed by atoms with Gasteiger partial charge in [-0.2, -0.15) is 5.26 Å². The second-order valence-electron chi connectivity index (χ2n) is 3.74. The Bertz CT molecular complexity index is 357. The van der Waals surface area contributed by atoms with E-state index in [1.165, 1.54) is 0 Å². The molecule has 1 aromatic rings. The van der Waals surface area contributed by atoms with Crippen LogP contribution in [0, 0.1) is 11.3 Å². The van der Waals surface area contributed by atoms with E-state index in [1.54, 1.807) is 7.11 Å². The second kappa shape index (κ2) is 6.73. The van der Waals surface area contributed by atoms with Gasteiger partial charge in [0, 0.05) is 31.8 Å². The van der Waals surface area contributed by atoms with Gasteiger partial charge in [-0.3, -0.25) is 0 Å². The molecule has 1 rings (SSSR count). The van der Waals surface area contributed by atoms with Crippen LogP contribution in [0.4, 0.5) is 5.69 Å². The number of anilines is 1. The van der Waals surface area contributed by atoms with Crippen LogP contribution < -0.4 is 9.64 Å². The van der Waals surface area contributed by atoms with E-state index in [9.17, 15) is 0 Å². The lowest BCUT2D eigenvalue weighted by molar-refractivity contribution is 0.415. The summed E-state index contributed by atoms with van der Waals surface area (Å²) in [7, 11) is 3.73. The van der Waals surface area contributed by atoms with Crippen LogP contribution in [0.2, 0.25) is 0 Å². The first-order valence-electron chi connectivity index (χ1n) is 5.50. The average molecular weight is 218 g/mol. The predicted octanol–water partition coefficient (Wildman–Crippen LogP) is 2.83. The zero-order valence-corrected chi connectivity index (χ0v) is 9.94. The maximum Gasteiger partial charge on any atom is 0.120 e.